The molecule has 1 aromatic heterocycles. The van der Waals surface area contributed by atoms with E-state index in [1.165, 1.54) is 0 Å². The molecule has 108 valence electrons. The Bertz CT molecular complexity index is 636. The summed E-state index contributed by atoms with van der Waals surface area (Å²) in [6.07, 6.45) is 2.56. The maximum Gasteiger partial charge on any atom is 0.168 e. The van der Waals surface area contributed by atoms with Crippen molar-refractivity contribution in [2.45, 2.75) is 25.5 Å². The fourth-order valence-corrected chi connectivity index (χ4v) is 2.88. The van der Waals surface area contributed by atoms with E-state index in [1.54, 1.807) is 18.3 Å². The summed E-state index contributed by atoms with van der Waals surface area (Å²) in [6.45, 7) is 4.87. The number of likely N-dealkylation sites (tertiary alicyclic amines) is 1. The minimum atomic E-state index is -0.814. The van der Waals surface area contributed by atoms with Gasteiger partial charge in [0.15, 0.2) is 11.6 Å². The molecule has 1 fully saturated rings. The molecule has 2 aromatic rings. The summed E-state index contributed by atoms with van der Waals surface area (Å²) in [4.78, 5) is 2.19. The van der Waals surface area contributed by atoms with Gasteiger partial charge >= 0.3 is 0 Å². The largest absolute Gasteiger partial charge is 0.389 e. The molecule has 0 radical (unpaired) electrons. The van der Waals surface area contributed by atoms with Crippen molar-refractivity contribution in [1.82, 2.24) is 9.47 Å². The van der Waals surface area contributed by atoms with E-state index in [1.807, 2.05) is 11.5 Å². The summed E-state index contributed by atoms with van der Waals surface area (Å²) in [5, 5.41) is 10.2. The van der Waals surface area contributed by atoms with Gasteiger partial charge in [0.05, 0.1) is 11.1 Å². The van der Waals surface area contributed by atoms with E-state index in [2.05, 4.69) is 4.90 Å². The first kappa shape index (κ1) is 13.5. The first-order valence-corrected chi connectivity index (χ1v) is 6.84. The van der Waals surface area contributed by atoms with Crippen molar-refractivity contribution in [3.05, 3.63) is 36.0 Å². The highest BCUT2D eigenvalue weighted by Gasteiger charge is 2.30. The highest BCUT2D eigenvalue weighted by atomic mass is 19.2. The average molecular weight is 280 g/mol. The summed E-state index contributed by atoms with van der Waals surface area (Å²) in [6, 6.07) is 4.37. The van der Waals surface area contributed by atoms with Gasteiger partial charge in [-0.25, -0.2) is 8.78 Å². The molecule has 1 aliphatic rings. The molecule has 0 spiro atoms. The van der Waals surface area contributed by atoms with Crippen LogP contribution in [0.1, 0.15) is 13.3 Å². The molecule has 1 aromatic carbocycles. The molecule has 1 unspecified atom stereocenters. The molecule has 0 aliphatic carbocycles. The van der Waals surface area contributed by atoms with Crippen LogP contribution in [0.25, 0.3) is 10.9 Å². The van der Waals surface area contributed by atoms with Gasteiger partial charge in [-0.1, -0.05) is 0 Å². The number of hydrogen-bond donors (Lipinski definition) is 1. The van der Waals surface area contributed by atoms with Crippen molar-refractivity contribution in [3.63, 3.8) is 0 Å². The van der Waals surface area contributed by atoms with Crippen molar-refractivity contribution in [3.8, 4) is 0 Å². The number of aliphatic hydroxyl groups is 1. The van der Waals surface area contributed by atoms with Crippen LogP contribution in [0.15, 0.2) is 24.4 Å². The summed E-state index contributed by atoms with van der Waals surface area (Å²) >= 11 is 0. The number of hydrogen-bond acceptors (Lipinski definition) is 2. The lowest BCUT2D eigenvalue weighted by molar-refractivity contribution is 0.0684. The van der Waals surface area contributed by atoms with Crippen LogP contribution >= 0.6 is 0 Å². The van der Waals surface area contributed by atoms with E-state index >= 15 is 0 Å². The first-order chi connectivity index (χ1) is 9.46. The van der Waals surface area contributed by atoms with E-state index in [4.69, 9.17) is 0 Å². The summed E-state index contributed by atoms with van der Waals surface area (Å²) in [7, 11) is 0. The standard InChI is InChI=1S/C15H18F2N2O/c1-15(20)5-7-18(10-15)8-9-19-6-4-11-13(19)3-2-12(16)14(11)17/h2-4,6,20H,5,7-10H2,1H3. The van der Waals surface area contributed by atoms with E-state index < -0.39 is 17.2 Å². The molecule has 1 aliphatic heterocycles. The topological polar surface area (TPSA) is 28.4 Å². The SMILES string of the molecule is CC1(O)CCN(CCn2ccc3c(F)c(F)ccc32)C1. The van der Waals surface area contributed by atoms with E-state index in [0.29, 0.717) is 24.0 Å². The highest BCUT2D eigenvalue weighted by Crippen LogP contribution is 2.23. The van der Waals surface area contributed by atoms with Gasteiger partial charge in [-0.2, -0.15) is 0 Å². The van der Waals surface area contributed by atoms with Gasteiger partial charge in [-0.15, -0.1) is 0 Å². The second kappa shape index (κ2) is 4.82. The molecule has 0 amide bonds. The fraction of sp³-hybridized carbons (Fsp3) is 0.467. The van der Waals surface area contributed by atoms with Crippen LogP contribution in [0.4, 0.5) is 8.78 Å². The number of aromatic nitrogens is 1. The van der Waals surface area contributed by atoms with E-state index in [-0.39, 0.29) is 0 Å². The molecule has 1 atom stereocenters. The van der Waals surface area contributed by atoms with Gasteiger partial charge in [0.2, 0.25) is 0 Å². The predicted molar refractivity (Wildman–Crippen MR) is 73.5 cm³/mol. The van der Waals surface area contributed by atoms with Crippen LogP contribution in [0.3, 0.4) is 0 Å². The third-order valence-corrected chi connectivity index (χ3v) is 4.03. The van der Waals surface area contributed by atoms with Gasteiger partial charge in [0, 0.05) is 37.8 Å². The Labute approximate surface area is 116 Å². The van der Waals surface area contributed by atoms with Crippen molar-refractivity contribution in [2.24, 2.45) is 0 Å². The normalized spacial score (nSPS) is 23.8. The Morgan fingerprint density at radius 2 is 2.05 bits per heavy atom. The predicted octanol–water partition coefficient (Wildman–Crippen LogP) is 2.38. The minimum Gasteiger partial charge on any atom is -0.389 e. The smallest absolute Gasteiger partial charge is 0.168 e. The van der Waals surface area contributed by atoms with Gasteiger partial charge < -0.3 is 9.67 Å². The van der Waals surface area contributed by atoms with Crippen LogP contribution in [0.2, 0.25) is 0 Å². The van der Waals surface area contributed by atoms with Crippen LogP contribution < -0.4 is 0 Å². The maximum absolute atomic E-state index is 13.6. The number of nitrogens with zero attached hydrogens (tertiary/aromatic N) is 2. The van der Waals surface area contributed by atoms with Crippen LogP contribution in [-0.2, 0) is 6.54 Å². The third kappa shape index (κ3) is 2.43. The number of β-amino-alcohol motifs (C(OH)–C–C–N with tert-alkyl or cyclic N) is 1. The molecule has 0 saturated carbocycles. The van der Waals surface area contributed by atoms with Crippen molar-refractivity contribution in [1.29, 1.82) is 0 Å². The van der Waals surface area contributed by atoms with Crippen molar-refractivity contribution >= 4 is 10.9 Å². The van der Waals surface area contributed by atoms with E-state index in [0.717, 1.165) is 25.6 Å². The average Bonchev–Trinajstić information content (AvgIpc) is 2.95. The highest BCUT2D eigenvalue weighted by molar-refractivity contribution is 5.80. The summed E-state index contributed by atoms with van der Waals surface area (Å²) < 4.78 is 28.7. The number of fused-ring (bicyclic) bond motifs is 1. The van der Waals surface area contributed by atoms with Gasteiger partial charge in [-0.3, -0.25) is 4.90 Å². The molecular formula is C15H18F2N2O. The van der Waals surface area contributed by atoms with Gasteiger partial charge in [0.1, 0.15) is 0 Å². The zero-order valence-electron chi connectivity index (χ0n) is 11.4. The Kier molecular flexibility index (Phi) is 3.26. The lowest BCUT2D eigenvalue weighted by Gasteiger charge is -2.19. The van der Waals surface area contributed by atoms with Crippen LogP contribution in [-0.4, -0.2) is 39.8 Å². The zero-order valence-corrected chi connectivity index (χ0v) is 11.4. The van der Waals surface area contributed by atoms with Crippen LogP contribution in [0.5, 0.6) is 0 Å². The number of benzene rings is 1. The molecule has 20 heavy (non-hydrogen) atoms. The second-order valence-corrected chi connectivity index (χ2v) is 5.83. The molecule has 2 heterocycles. The zero-order chi connectivity index (χ0) is 14.3. The maximum atomic E-state index is 13.6. The third-order valence-electron chi connectivity index (χ3n) is 4.03. The monoisotopic (exact) mass is 280 g/mol. The van der Waals surface area contributed by atoms with Crippen molar-refractivity contribution in [2.75, 3.05) is 19.6 Å². The Morgan fingerprint density at radius 1 is 1.25 bits per heavy atom. The van der Waals surface area contributed by atoms with E-state index in [9.17, 15) is 13.9 Å². The summed E-state index contributed by atoms with van der Waals surface area (Å²) in [5.41, 5.74) is 0.100. The summed E-state index contributed by atoms with van der Waals surface area (Å²) in [5.74, 6) is -1.60. The molecule has 1 saturated heterocycles. The van der Waals surface area contributed by atoms with Gasteiger partial charge in [0.25, 0.3) is 0 Å². The lowest BCUT2D eigenvalue weighted by Crippen LogP contribution is -2.31. The molecule has 5 heteroatoms. The second-order valence-electron chi connectivity index (χ2n) is 5.83. The molecular weight excluding hydrogens is 262 g/mol. The minimum absolute atomic E-state index is 0.318. The Hall–Kier alpha value is -1.46. The molecule has 0 bridgehead atoms. The number of rotatable bonds is 3. The number of halogens is 2. The lowest BCUT2D eigenvalue weighted by atomic mass is 10.1. The molecule has 3 nitrogen and oxygen atoms in total. The molecule has 3 rings (SSSR count). The quantitative estimate of drug-likeness (QED) is 0.935. The Balaban J connectivity index is 1.74. The molecule has 1 N–H and O–H groups in total. The van der Waals surface area contributed by atoms with Gasteiger partial charge in [-0.05, 0) is 31.5 Å². The van der Waals surface area contributed by atoms with Crippen molar-refractivity contribution < 1.29 is 13.9 Å². The Morgan fingerprint density at radius 3 is 2.75 bits per heavy atom. The first-order valence-electron chi connectivity index (χ1n) is 6.84. The van der Waals surface area contributed by atoms with Crippen LogP contribution in [0, 0.1) is 11.6 Å². The fourth-order valence-electron chi connectivity index (χ4n) is 2.88.